The first kappa shape index (κ1) is 17.2. The number of rotatable bonds is 10. The van der Waals surface area contributed by atoms with Crippen LogP contribution in [0.1, 0.15) is 58.8 Å². The molecule has 0 aliphatic heterocycles. The van der Waals surface area contributed by atoms with E-state index in [9.17, 15) is 15.0 Å². The van der Waals surface area contributed by atoms with Crippen LogP contribution < -0.4 is 0 Å². The van der Waals surface area contributed by atoms with E-state index in [2.05, 4.69) is 19.0 Å². The van der Waals surface area contributed by atoms with Gasteiger partial charge < -0.3 is 15.0 Å². The summed E-state index contributed by atoms with van der Waals surface area (Å²) in [6, 6.07) is 0.543. The van der Waals surface area contributed by atoms with E-state index in [1.807, 2.05) is 6.92 Å². The first-order valence-electron chi connectivity index (χ1n) is 6.60. The second-order valence-corrected chi connectivity index (χ2v) is 10.5. The maximum absolute atomic E-state index is 12.0. The third-order valence-electron chi connectivity index (χ3n) is 3.05. The highest BCUT2D eigenvalue weighted by atomic mass is 32.3. The van der Waals surface area contributed by atoms with Gasteiger partial charge in [-0.1, -0.05) is 46.0 Å². The number of hydrogen-bond donors (Lipinski definition) is 3. The zero-order chi connectivity index (χ0) is 13.3. The molecule has 5 heteroatoms. The van der Waals surface area contributed by atoms with E-state index in [-0.39, 0.29) is 5.41 Å². The van der Waals surface area contributed by atoms with E-state index >= 15 is 0 Å². The van der Waals surface area contributed by atoms with Gasteiger partial charge in [0.2, 0.25) is 7.22 Å². The smallest absolute Gasteiger partial charge is 0.250 e. The Bertz CT molecular complexity index is 224. The van der Waals surface area contributed by atoms with Gasteiger partial charge in [-0.15, -0.1) is 0 Å². The molecule has 0 saturated heterocycles. The summed E-state index contributed by atoms with van der Waals surface area (Å²) in [6.07, 6.45) is 6.67. The van der Waals surface area contributed by atoms with Gasteiger partial charge >= 0.3 is 0 Å². The van der Waals surface area contributed by atoms with Crippen molar-refractivity contribution >= 4 is 24.7 Å². The molecule has 2 N–H and O–H groups in total. The minimum Gasteiger partial charge on any atom is -0.370 e. The second-order valence-electron chi connectivity index (χ2n) is 4.64. The van der Waals surface area contributed by atoms with E-state index < -0.39 is 13.1 Å². The van der Waals surface area contributed by atoms with Gasteiger partial charge in [-0.3, -0.25) is 0 Å². The predicted molar refractivity (Wildman–Crippen MR) is 76.4 cm³/mol. The molecule has 0 rings (SSSR count). The van der Waals surface area contributed by atoms with E-state index in [0.717, 1.165) is 25.7 Å². The van der Waals surface area contributed by atoms with Gasteiger partial charge in [0, 0.05) is 6.42 Å². The van der Waals surface area contributed by atoms with Crippen molar-refractivity contribution in [2.24, 2.45) is 0 Å². The Balaban J connectivity index is 4.07. The highest BCUT2D eigenvalue weighted by Crippen LogP contribution is 2.24. The molecule has 0 fully saturated rings. The summed E-state index contributed by atoms with van der Waals surface area (Å²) in [7, 11) is -2.83. The van der Waals surface area contributed by atoms with Crippen LogP contribution >= 0.6 is 12.1 Å². The first-order chi connectivity index (χ1) is 7.99. The van der Waals surface area contributed by atoms with Gasteiger partial charge in [0.25, 0.3) is 0 Å². The summed E-state index contributed by atoms with van der Waals surface area (Å²) in [5, 5.41) is 18.7. The summed E-state index contributed by atoms with van der Waals surface area (Å²) < 4.78 is 0. The average Bonchev–Trinajstić information content (AvgIpc) is 2.28. The topological polar surface area (TPSA) is 57.5 Å². The lowest BCUT2D eigenvalue weighted by molar-refractivity contribution is -0.113. The van der Waals surface area contributed by atoms with E-state index in [1.54, 1.807) is 0 Å². The van der Waals surface area contributed by atoms with Gasteiger partial charge in [0.1, 0.15) is 5.41 Å². The van der Waals surface area contributed by atoms with Crippen LogP contribution in [-0.4, -0.2) is 28.8 Å². The van der Waals surface area contributed by atoms with Gasteiger partial charge in [0.15, 0.2) is 5.91 Å². The number of carbonyl (C=O) groups is 1. The largest absolute Gasteiger partial charge is 0.370 e. The molecule has 0 spiro atoms. The van der Waals surface area contributed by atoms with Crippen LogP contribution in [-0.2, 0) is 4.79 Å². The summed E-state index contributed by atoms with van der Waals surface area (Å²) >= 11 is 4.32. The van der Waals surface area contributed by atoms with Gasteiger partial charge in [0.05, 0.1) is 0 Å². The number of aliphatic hydroxyl groups is 2. The number of aliphatic hydroxyl groups excluding tert-OH is 1. The summed E-state index contributed by atoms with van der Waals surface area (Å²) in [6.45, 7) is 4.09. The van der Waals surface area contributed by atoms with Crippen molar-refractivity contribution in [1.29, 1.82) is 0 Å². The van der Waals surface area contributed by atoms with Crippen molar-refractivity contribution in [3.05, 3.63) is 0 Å². The lowest BCUT2D eigenvalue weighted by atomic mass is 10.1. The molecule has 0 aliphatic rings. The predicted octanol–water partition coefficient (Wildman–Crippen LogP) is 2.59. The Labute approximate surface area is 111 Å². The molecule has 0 heterocycles. The van der Waals surface area contributed by atoms with Crippen LogP contribution in [0.5, 0.6) is 0 Å². The van der Waals surface area contributed by atoms with Gasteiger partial charge in [-0.25, -0.2) is 0 Å². The lowest BCUT2D eigenvalue weighted by Crippen LogP contribution is -2.50. The molecule has 0 aromatic heterocycles. The molecule has 0 radical (unpaired) electrons. The first-order valence-corrected chi connectivity index (χ1v) is 10.2. The monoisotopic (exact) mass is 278 g/mol. The SMILES string of the molecule is CCCCCCCC(=O)[Si](S)(CCC)C(O)O. The van der Waals surface area contributed by atoms with Crippen LogP contribution in [0.4, 0.5) is 0 Å². The van der Waals surface area contributed by atoms with Crippen molar-refractivity contribution < 1.29 is 15.0 Å². The molecule has 0 bridgehead atoms. The Morgan fingerprint density at radius 1 is 1.12 bits per heavy atom. The fourth-order valence-electron chi connectivity index (χ4n) is 1.90. The van der Waals surface area contributed by atoms with Gasteiger partial charge in [-0.2, -0.15) is 12.1 Å². The molecule has 1 atom stereocenters. The molecule has 17 heavy (non-hydrogen) atoms. The molecule has 0 aromatic rings. The fourth-order valence-corrected chi connectivity index (χ4v) is 5.10. The van der Waals surface area contributed by atoms with Crippen LogP contribution in [0, 0.1) is 0 Å². The third-order valence-corrected chi connectivity index (χ3v) is 8.49. The standard InChI is InChI=1S/C12H26O3SSi/c1-3-5-6-7-8-9-11(13)17(16,10-4-2)12(14)15/h12,14-16H,3-10H2,1-2H3. The molecule has 1 unspecified atom stereocenters. The molecule has 0 aliphatic carbocycles. The second kappa shape index (κ2) is 9.14. The van der Waals surface area contributed by atoms with E-state index in [4.69, 9.17) is 0 Å². The third kappa shape index (κ3) is 6.04. The minimum atomic E-state index is -2.83. The average molecular weight is 278 g/mol. The van der Waals surface area contributed by atoms with Crippen LogP contribution in [0.3, 0.4) is 0 Å². The molecule has 0 saturated carbocycles. The zero-order valence-corrected chi connectivity index (χ0v) is 12.9. The molecule has 0 aromatic carbocycles. The Morgan fingerprint density at radius 2 is 1.71 bits per heavy atom. The summed E-state index contributed by atoms with van der Waals surface area (Å²) in [4.78, 5) is 12.0. The van der Waals surface area contributed by atoms with Crippen molar-refractivity contribution in [1.82, 2.24) is 0 Å². The van der Waals surface area contributed by atoms with Crippen molar-refractivity contribution in [2.45, 2.75) is 70.8 Å². The van der Waals surface area contributed by atoms with E-state index in [0.29, 0.717) is 12.5 Å². The Kier molecular flexibility index (Phi) is 9.22. The van der Waals surface area contributed by atoms with Crippen LogP contribution in [0.15, 0.2) is 0 Å². The maximum Gasteiger partial charge on any atom is 0.250 e. The normalized spacial score (nSPS) is 14.9. The highest BCUT2D eigenvalue weighted by Gasteiger charge is 2.42. The highest BCUT2D eigenvalue weighted by molar-refractivity contribution is 8.18. The number of unbranched alkanes of at least 4 members (excludes halogenated alkanes) is 4. The van der Waals surface area contributed by atoms with Gasteiger partial charge in [-0.05, 0) is 12.5 Å². The van der Waals surface area contributed by atoms with Crippen molar-refractivity contribution in [3.63, 3.8) is 0 Å². The zero-order valence-electron chi connectivity index (χ0n) is 11.0. The molecular formula is C12H26O3SSi. The Hall–Kier alpha value is 0.157. The minimum absolute atomic E-state index is 0.00539. The van der Waals surface area contributed by atoms with E-state index in [1.165, 1.54) is 12.8 Å². The lowest BCUT2D eigenvalue weighted by Gasteiger charge is -2.25. The fraction of sp³-hybridized carbons (Fsp3) is 0.917. The number of carbonyl (C=O) groups excluding carboxylic acids is 1. The molecule has 102 valence electrons. The number of hydrogen-bond acceptors (Lipinski definition) is 4. The maximum atomic E-state index is 12.0. The number of thiol groups is 1. The quantitative estimate of drug-likeness (QED) is 0.249. The van der Waals surface area contributed by atoms with Crippen molar-refractivity contribution in [3.8, 4) is 0 Å². The molecular weight excluding hydrogens is 252 g/mol. The molecule has 0 amide bonds. The van der Waals surface area contributed by atoms with Crippen LogP contribution in [0.2, 0.25) is 6.04 Å². The van der Waals surface area contributed by atoms with Crippen molar-refractivity contribution in [2.75, 3.05) is 0 Å². The summed E-state index contributed by atoms with van der Waals surface area (Å²) in [5.41, 5.74) is 0. The Morgan fingerprint density at radius 3 is 2.18 bits per heavy atom. The van der Waals surface area contributed by atoms with Crippen LogP contribution in [0.25, 0.3) is 0 Å². The summed E-state index contributed by atoms with van der Waals surface area (Å²) in [5.74, 6) is -1.53. The molecule has 3 nitrogen and oxygen atoms in total.